The van der Waals surface area contributed by atoms with E-state index >= 15 is 0 Å². The van der Waals surface area contributed by atoms with E-state index in [0.717, 1.165) is 40.3 Å². The van der Waals surface area contributed by atoms with Crippen LogP contribution in [0.25, 0.3) is 16.9 Å². The highest BCUT2D eigenvalue weighted by Crippen LogP contribution is 2.32. The molecule has 6 rings (SSSR count). The molecule has 2 aliphatic heterocycles. The lowest BCUT2D eigenvalue weighted by Crippen LogP contribution is -2.56. The number of hydrogen-bond acceptors (Lipinski definition) is 4. The average molecular weight is 501 g/mol. The van der Waals surface area contributed by atoms with Crippen LogP contribution in [0, 0.1) is 0 Å². The fourth-order valence-corrected chi connectivity index (χ4v) is 5.63. The summed E-state index contributed by atoms with van der Waals surface area (Å²) in [5.41, 5.74) is 5.90. The SMILES string of the molecule is CC(C)c1ccccc1C(=O)N1C2COC1CN(Cc1c(-c3ccc(Cl)cc3)nc3ccccn13)C2. The quantitative estimate of drug-likeness (QED) is 0.365. The first kappa shape index (κ1) is 23.2. The highest BCUT2D eigenvalue weighted by Gasteiger charge is 2.44. The summed E-state index contributed by atoms with van der Waals surface area (Å²) in [5, 5.41) is 0.706. The maximum absolute atomic E-state index is 13.7. The van der Waals surface area contributed by atoms with Crippen molar-refractivity contribution in [1.29, 1.82) is 0 Å². The molecule has 184 valence electrons. The van der Waals surface area contributed by atoms with E-state index in [1.165, 1.54) is 0 Å². The number of imidazole rings is 1. The number of piperazine rings is 1. The molecule has 0 N–H and O–H groups in total. The molecule has 4 aromatic rings. The number of nitrogens with zero attached hydrogens (tertiary/aromatic N) is 4. The Morgan fingerprint density at radius 1 is 1.06 bits per heavy atom. The van der Waals surface area contributed by atoms with Crippen molar-refractivity contribution in [2.24, 2.45) is 0 Å². The molecule has 2 bridgehead atoms. The van der Waals surface area contributed by atoms with Gasteiger partial charge in [-0.3, -0.25) is 9.69 Å². The Morgan fingerprint density at radius 2 is 1.83 bits per heavy atom. The normalized spacial score (nSPS) is 19.9. The van der Waals surface area contributed by atoms with Gasteiger partial charge in [0.1, 0.15) is 11.9 Å². The molecule has 2 unspecified atom stereocenters. The van der Waals surface area contributed by atoms with Crippen molar-refractivity contribution in [2.75, 3.05) is 19.7 Å². The molecule has 0 saturated carbocycles. The number of hydrogen-bond donors (Lipinski definition) is 0. The monoisotopic (exact) mass is 500 g/mol. The zero-order valence-electron chi connectivity index (χ0n) is 20.5. The van der Waals surface area contributed by atoms with E-state index in [9.17, 15) is 4.79 Å². The summed E-state index contributed by atoms with van der Waals surface area (Å²) < 4.78 is 8.28. The summed E-state index contributed by atoms with van der Waals surface area (Å²) in [6.07, 6.45) is 1.81. The number of halogens is 1. The first-order chi connectivity index (χ1) is 17.5. The van der Waals surface area contributed by atoms with Gasteiger partial charge in [0, 0.05) is 42.0 Å². The van der Waals surface area contributed by atoms with Crippen molar-refractivity contribution in [2.45, 2.75) is 38.6 Å². The summed E-state index contributed by atoms with van der Waals surface area (Å²) >= 11 is 6.14. The molecular formula is C29H29ClN4O2. The van der Waals surface area contributed by atoms with Gasteiger partial charge >= 0.3 is 0 Å². The van der Waals surface area contributed by atoms with Crippen molar-refractivity contribution < 1.29 is 9.53 Å². The van der Waals surface area contributed by atoms with E-state index in [-0.39, 0.29) is 24.1 Å². The zero-order valence-corrected chi connectivity index (χ0v) is 21.2. The molecule has 0 radical (unpaired) electrons. The summed E-state index contributed by atoms with van der Waals surface area (Å²) in [5.74, 6) is 0.356. The molecule has 1 amide bonds. The molecule has 2 atom stereocenters. The highest BCUT2D eigenvalue weighted by atomic mass is 35.5. The Balaban J connectivity index is 1.28. The second kappa shape index (κ2) is 9.36. The minimum atomic E-state index is -0.255. The lowest BCUT2D eigenvalue weighted by atomic mass is 9.96. The minimum Gasteiger partial charge on any atom is -0.355 e. The van der Waals surface area contributed by atoms with Crippen LogP contribution in [0.15, 0.2) is 72.9 Å². The highest BCUT2D eigenvalue weighted by molar-refractivity contribution is 6.30. The van der Waals surface area contributed by atoms with E-state index in [1.54, 1.807) is 0 Å². The molecule has 2 aliphatic rings. The van der Waals surface area contributed by atoms with Crippen molar-refractivity contribution >= 4 is 23.2 Å². The van der Waals surface area contributed by atoms with Crippen LogP contribution >= 0.6 is 11.6 Å². The van der Waals surface area contributed by atoms with Crippen LogP contribution in [0.2, 0.25) is 5.02 Å². The lowest BCUT2D eigenvalue weighted by Gasteiger charge is -2.39. The molecule has 2 saturated heterocycles. The molecular weight excluding hydrogens is 472 g/mol. The van der Waals surface area contributed by atoms with Crippen molar-refractivity contribution in [3.8, 4) is 11.3 Å². The third-order valence-corrected chi connectivity index (χ3v) is 7.49. The Morgan fingerprint density at radius 3 is 2.61 bits per heavy atom. The first-order valence-corrected chi connectivity index (χ1v) is 12.8. The van der Waals surface area contributed by atoms with E-state index < -0.39 is 0 Å². The Hall–Kier alpha value is -3.19. The number of ether oxygens (including phenoxy) is 1. The third kappa shape index (κ3) is 4.09. The summed E-state index contributed by atoms with van der Waals surface area (Å²) in [6.45, 7) is 6.95. The summed E-state index contributed by atoms with van der Waals surface area (Å²) in [4.78, 5) is 22.9. The maximum atomic E-state index is 13.7. The van der Waals surface area contributed by atoms with Gasteiger partial charge in [0.25, 0.3) is 5.91 Å². The topological polar surface area (TPSA) is 50.1 Å². The summed E-state index contributed by atoms with van der Waals surface area (Å²) in [7, 11) is 0. The predicted octanol–water partition coefficient (Wildman–Crippen LogP) is 5.46. The van der Waals surface area contributed by atoms with Gasteiger partial charge < -0.3 is 14.0 Å². The van der Waals surface area contributed by atoms with Crippen LogP contribution in [0.3, 0.4) is 0 Å². The van der Waals surface area contributed by atoms with Gasteiger partial charge in [0.05, 0.1) is 24.0 Å². The minimum absolute atomic E-state index is 0.0228. The number of amides is 1. The molecule has 36 heavy (non-hydrogen) atoms. The Bertz CT molecular complexity index is 1400. The van der Waals surface area contributed by atoms with Crippen molar-refractivity contribution in [3.63, 3.8) is 0 Å². The molecule has 2 aromatic carbocycles. The van der Waals surface area contributed by atoms with E-state index in [4.69, 9.17) is 21.3 Å². The van der Waals surface area contributed by atoms with Crippen LogP contribution in [0.4, 0.5) is 0 Å². The van der Waals surface area contributed by atoms with Gasteiger partial charge in [-0.2, -0.15) is 0 Å². The zero-order chi connectivity index (χ0) is 24.8. The van der Waals surface area contributed by atoms with Crippen LogP contribution < -0.4 is 0 Å². The van der Waals surface area contributed by atoms with E-state index in [0.29, 0.717) is 24.7 Å². The average Bonchev–Trinajstić information content (AvgIpc) is 3.38. The number of aromatic nitrogens is 2. The van der Waals surface area contributed by atoms with Crippen LogP contribution in [0.1, 0.15) is 41.4 Å². The number of carbonyl (C=O) groups excluding carboxylic acids is 1. The third-order valence-electron chi connectivity index (χ3n) is 7.24. The number of pyridine rings is 1. The van der Waals surface area contributed by atoms with Crippen LogP contribution in [0.5, 0.6) is 0 Å². The number of fused-ring (bicyclic) bond motifs is 3. The fraction of sp³-hybridized carbons (Fsp3) is 0.310. The molecule has 0 aliphatic carbocycles. The van der Waals surface area contributed by atoms with Gasteiger partial charge in [-0.25, -0.2) is 4.98 Å². The number of rotatable bonds is 5. The largest absolute Gasteiger partial charge is 0.355 e. The van der Waals surface area contributed by atoms with Crippen molar-refractivity contribution in [3.05, 3.63) is 94.8 Å². The second-order valence-corrected chi connectivity index (χ2v) is 10.4. The van der Waals surface area contributed by atoms with Gasteiger partial charge in [-0.15, -0.1) is 0 Å². The van der Waals surface area contributed by atoms with E-state index in [2.05, 4.69) is 35.4 Å². The standard InChI is InChI=1S/C29H29ClN4O2/c1-19(2)23-7-3-4-8-24(23)29(35)34-22-15-32(17-27(34)36-18-22)16-25-28(20-10-12-21(30)13-11-20)31-26-9-5-6-14-33(25)26/h3-14,19,22,27H,15-18H2,1-2H3. The molecule has 0 spiro atoms. The Kier molecular flexibility index (Phi) is 6.04. The second-order valence-electron chi connectivity index (χ2n) is 9.93. The van der Waals surface area contributed by atoms with Crippen LogP contribution in [-0.4, -0.2) is 57.1 Å². The Labute approximate surface area is 216 Å². The molecule has 2 aromatic heterocycles. The smallest absolute Gasteiger partial charge is 0.256 e. The van der Waals surface area contributed by atoms with Gasteiger partial charge in [-0.05, 0) is 41.8 Å². The van der Waals surface area contributed by atoms with Gasteiger partial charge in [0.2, 0.25) is 0 Å². The van der Waals surface area contributed by atoms with Gasteiger partial charge in [0.15, 0.2) is 0 Å². The number of benzene rings is 2. The maximum Gasteiger partial charge on any atom is 0.256 e. The summed E-state index contributed by atoms with van der Waals surface area (Å²) in [6, 6.07) is 21.9. The van der Waals surface area contributed by atoms with E-state index in [1.807, 2.05) is 65.6 Å². The van der Waals surface area contributed by atoms with Crippen LogP contribution in [-0.2, 0) is 11.3 Å². The number of carbonyl (C=O) groups is 1. The lowest BCUT2D eigenvalue weighted by molar-refractivity contribution is -0.0138. The first-order valence-electron chi connectivity index (χ1n) is 12.5. The molecule has 6 nitrogen and oxygen atoms in total. The predicted molar refractivity (Wildman–Crippen MR) is 141 cm³/mol. The fourth-order valence-electron chi connectivity index (χ4n) is 5.50. The molecule has 2 fully saturated rings. The molecule has 7 heteroatoms. The molecule has 4 heterocycles. The van der Waals surface area contributed by atoms with Crippen molar-refractivity contribution in [1.82, 2.24) is 19.2 Å². The van der Waals surface area contributed by atoms with Gasteiger partial charge in [-0.1, -0.05) is 61.8 Å².